The van der Waals surface area contributed by atoms with Crippen LogP contribution >= 0.6 is 23.2 Å². The second kappa shape index (κ2) is 8.93. The van der Waals surface area contributed by atoms with Gasteiger partial charge < -0.3 is 10.2 Å². The van der Waals surface area contributed by atoms with E-state index in [2.05, 4.69) is 35.7 Å². The molecular weight excluding hydrogens is 367 g/mol. The Hall–Kier alpha value is -2.23. The Morgan fingerprint density at radius 2 is 1.77 bits per heavy atom. The van der Waals surface area contributed by atoms with Gasteiger partial charge in [0.2, 0.25) is 0 Å². The second-order valence-corrected chi connectivity index (χ2v) is 6.65. The summed E-state index contributed by atoms with van der Waals surface area (Å²) in [6.45, 7) is 3.20. The molecule has 3 aromatic carbocycles. The maximum absolute atomic E-state index is 6.19. The summed E-state index contributed by atoms with van der Waals surface area (Å²) in [4.78, 5) is 0. The fraction of sp³-hybridized carbons (Fsp3) is 0.190. The van der Waals surface area contributed by atoms with E-state index in [9.17, 15) is 0 Å². The van der Waals surface area contributed by atoms with Gasteiger partial charge in [0.15, 0.2) is 0 Å². The van der Waals surface area contributed by atoms with Crippen LogP contribution in [0, 0.1) is 0 Å². The minimum Gasteiger partial charge on any atom is -0.493 e. The van der Waals surface area contributed by atoms with E-state index in [1.54, 1.807) is 6.21 Å². The first-order valence-electron chi connectivity index (χ1n) is 8.54. The third-order valence-electron chi connectivity index (χ3n) is 3.99. The van der Waals surface area contributed by atoms with Crippen molar-refractivity contribution in [3.63, 3.8) is 0 Å². The van der Waals surface area contributed by atoms with E-state index in [1.165, 1.54) is 0 Å². The maximum atomic E-state index is 6.19. The van der Waals surface area contributed by atoms with Gasteiger partial charge in [0, 0.05) is 21.2 Å². The third kappa shape index (κ3) is 4.29. The van der Waals surface area contributed by atoms with Gasteiger partial charge >= 0.3 is 0 Å². The van der Waals surface area contributed by atoms with Crippen LogP contribution in [0.25, 0.3) is 10.8 Å². The van der Waals surface area contributed by atoms with Crippen molar-refractivity contribution in [2.24, 2.45) is 5.10 Å². The Morgan fingerprint density at radius 3 is 2.54 bits per heavy atom. The summed E-state index contributed by atoms with van der Waals surface area (Å²) in [5, 5.41) is 7.86. The molecule has 0 atom stereocenters. The standard InChI is InChI=1S/C21H20Cl2N2O/c1-2-12-26-21-11-10-15-6-3-4-7-16(15)17(21)13-24-25-14-18-19(22)8-5-9-20(18)23/h3-11,13,25H,2,12,14H2,1H3/b24-13-. The molecule has 0 aliphatic carbocycles. The van der Waals surface area contributed by atoms with Gasteiger partial charge in [0.1, 0.15) is 5.75 Å². The highest BCUT2D eigenvalue weighted by Gasteiger charge is 2.07. The molecule has 0 radical (unpaired) electrons. The van der Waals surface area contributed by atoms with Crippen molar-refractivity contribution in [1.29, 1.82) is 0 Å². The Kier molecular flexibility index (Phi) is 6.37. The maximum Gasteiger partial charge on any atom is 0.128 e. The van der Waals surface area contributed by atoms with Crippen LogP contribution in [-0.2, 0) is 6.54 Å². The second-order valence-electron chi connectivity index (χ2n) is 5.84. The number of benzene rings is 3. The van der Waals surface area contributed by atoms with Crippen LogP contribution < -0.4 is 10.2 Å². The molecule has 26 heavy (non-hydrogen) atoms. The molecular formula is C21H20Cl2N2O. The van der Waals surface area contributed by atoms with E-state index in [-0.39, 0.29) is 0 Å². The van der Waals surface area contributed by atoms with Crippen molar-refractivity contribution < 1.29 is 4.74 Å². The van der Waals surface area contributed by atoms with Crippen molar-refractivity contribution in [3.8, 4) is 5.75 Å². The highest BCUT2D eigenvalue weighted by Crippen LogP contribution is 2.27. The Balaban J connectivity index is 1.83. The summed E-state index contributed by atoms with van der Waals surface area (Å²) in [6, 6.07) is 17.7. The minimum atomic E-state index is 0.449. The number of nitrogens with one attached hydrogen (secondary N) is 1. The molecule has 1 N–H and O–H groups in total. The molecule has 3 rings (SSSR count). The molecule has 0 bridgehead atoms. The predicted octanol–water partition coefficient (Wildman–Crippen LogP) is 6.06. The zero-order valence-electron chi connectivity index (χ0n) is 14.5. The van der Waals surface area contributed by atoms with Crippen LogP contribution in [0.3, 0.4) is 0 Å². The van der Waals surface area contributed by atoms with Gasteiger partial charge in [0.05, 0.1) is 19.4 Å². The molecule has 3 nitrogen and oxygen atoms in total. The molecule has 0 aliphatic heterocycles. The average molecular weight is 387 g/mol. The van der Waals surface area contributed by atoms with E-state index in [0.29, 0.717) is 23.2 Å². The van der Waals surface area contributed by atoms with Gasteiger partial charge in [0.25, 0.3) is 0 Å². The molecule has 3 aromatic rings. The van der Waals surface area contributed by atoms with E-state index in [0.717, 1.165) is 34.1 Å². The lowest BCUT2D eigenvalue weighted by molar-refractivity contribution is 0.317. The van der Waals surface area contributed by atoms with E-state index < -0.39 is 0 Å². The van der Waals surface area contributed by atoms with Gasteiger partial charge in [-0.25, -0.2) is 0 Å². The highest BCUT2D eigenvalue weighted by atomic mass is 35.5. The molecule has 0 heterocycles. The monoisotopic (exact) mass is 386 g/mol. The molecule has 0 amide bonds. The summed E-state index contributed by atoms with van der Waals surface area (Å²) in [6.07, 6.45) is 2.74. The van der Waals surface area contributed by atoms with Gasteiger partial charge in [-0.2, -0.15) is 5.10 Å². The largest absolute Gasteiger partial charge is 0.493 e. The quantitative estimate of drug-likeness (QED) is 0.395. The summed E-state index contributed by atoms with van der Waals surface area (Å²) in [5.41, 5.74) is 4.81. The normalized spacial score (nSPS) is 11.2. The number of halogens is 2. The Labute approximate surface area is 163 Å². The SMILES string of the molecule is CCCOc1ccc2ccccc2c1/C=N\NCc1c(Cl)cccc1Cl. The van der Waals surface area contributed by atoms with E-state index in [4.69, 9.17) is 27.9 Å². The van der Waals surface area contributed by atoms with Gasteiger partial charge in [-0.15, -0.1) is 0 Å². The number of hydrogen-bond donors (Lipinski definition) is 1. The lowest BCUT2D eigenvalue weighted by atomic mass is 10.0. The van der Waals surface area contributed by atoms with E-state index in [1.807, 2.05) is 36.4 Å². The molecule has 5 heteroatoms. The van der Waals surface area contributed by atoms with Crippen molar-refractivity contribution in [2.45, 2.75) is 19.9 Å². The zero-order valence-corrected chi connectivity index (χ0v) is 16.0. The molecule has 0 unspecified atom stereocenters. The smallest absolute Gasteiger partial charge is 0.128 e. The Morgan fingerprint density at radius 1 is 1.00 bits per heavy atom. The van der Waals surface area contributed by atoms with Gasteiger partial charge in [-0.1, -0.05) is 66.5 Å². The molecule has 0 saturated carbocycles. The van der Waals surface area contributed by atoms with Crippen LogP contribution in [-0.4, -0.2) is 12.8 Å². The average Bonchev–Trinajstić information content (AvgIpc) is 2.66. The van der Waals surface area contributed by atoms with Crippen LogP contribution in [0.2, 0.25) is 10.0 Å². The molecule has 134 valence electrons. The fourth-order valence-corrected chi connectivity index (χ4v) is 3.21. The topological polar surface area (TPSA) is 33.6 Å². The van der Waals surface area contributed by atoms with Crippen molar-refractivity contribution in [1.82, 2.24) is 5.43 Å². The lowest BCUT2D eigenvalue weighted by Crippen LogP contribution is -2.07. The molecule has 0 saturated heterocycles. The van der Waals surface area contributed by atoms with Crippen LogP contribution in [0.1, 0.15) is 24.5 Å². The number of nitrogens with zero attached hydrogens (tertiary/aromatic N) is 1. The number of hydrazone groups is 1. The first-order valence-corrected chi connectivity index (χ1v) is 9.29. The molecule has 0 fully saturated rings. The summed E-state index contributed by atoms with van der Waals surface area (Å²) < 4.78 is 5.89. The first-order chi connectivity index (χ1) is 12.7. The third-order valence-corrected chi connectivity index (χ3v) is 4.70. The fourth-order valence-electron chi connectivity index (χ4n) is 2.68. The Bertz CT molecular complexity index is 905. The molecule has 0 aromatic heterocycles. The number of hydrogen-bond acceptors (Lipinski definition) is 3. The molecule has 0 spiro atoms. The first kappa shape index (κ1) is 18.6. The number of rotatable bonds is 7. The summed E-state index contributed by atoms with van der Waals surface area (Å²) in [7, 11) is 0. The van der Waals surface area contributed by atoms with Crippen LogP contribution in [0.4, 0.5) is 0 Å². The predicted molar refractivity (Wildman–Crippen MR) is 111 cm³/mol. The molecule has 0 aliphatic rings. The van der Waals surface area contributed by atoms with Crippen molar-refractivity contribution in [3.05, 3.63) is 75.8 Å². The summed E-state index contributed by atoms with van der Waals surface area (Å²) >= 11 is 12.4. The van der Waals surface area contributed by atoms with Crippen molar-refractivity contribution >= 4 is 40.2 Å². The number of ether oxygens (including phenoxy) is 1. The summed E-state index contributed by atoms with van der Waals surface area (Å²) in [5.74, 6) is 0.826. The van der Waals surface area contributed by atoms with Crippen LogP contribution in [0.5, 0.6) is 5.75 Å². The van der Waals surface area contributed by atoms with Crippen molar-refractivity contribution in [2.75, 3.05) is 6.61 Å². The highest BCUT2D eigenvalue weighted by molar-refractivity contribution is 6.35. The number of fused-ring (bicyclic) bond motifs is 1. The van der Waals surface area contributed by atoms with E-state index >= 15 is 0 Å². The van der Waals surface area contributed by atoms with Gasteiger partial charge in [-0.3, -0.25) is 0 Å². The minimum absolute atomic E-state index is 0.449. The van der Waals surface area contributed by atoms with Crippen LogP contribution in [0.15, 0.2) is 59.7 Å². The van der Waals surface area contributed by atoms with Gasteiger partial charge in [-0.05, 0) is 35.4 Å². The zero-order chi connectivity index (χ0) is 18.4. The lowest BCUT2D eigenvalue weighted by Gasteiger charge is -2.11.